The number of aliphatic hydroxyl groups is 1. The van der Waals surface area contributed by atoms with Crippen molar-refractivity contribution in [3.05, 3.63) is 0 Å². The minimum Gasteiger partial charge on any atom is -0.396 e. The Morgan fingerprint density at radius 2 is 2.38 bits per heavy atom. The van der Waals surface area contributed by atoms with Gasteiger partial charge in [0.2, 0.25) is 5.91 Å². The van der Waals surface area contributed by atoms with Crippen molar-refractivity contribution in [2.45, 2.75) is 39.2 Å². The number of amides is 1. The van der Waals surface area contributed by atoms with Gasteiger partial charge in [-0.25, -0.2) is 0 Å². The molecule has 1 saturated heterocycles. The van der Waals surface area contributed by atoms with E-state index in [-0.39, 0.29) is 24.5 Å². The number of carbonyl (C=O) groups is 1. The van der Waals surface area contributed by atoms with Gasteiger partial charge in [0.25, 0.3) is 0 Å². The number of ether oxygens (including phenoxy) is 1. The average Bonchev–Trinajstić information content (AvgIpc) is 2.70. The monoisotopic (exact) mass is 229 g/mol. The molecule has 0 aliphatic carbocycles. The summed E-state index contributed by atoms with van der Waals surface area (Å²) in [6.45, 7) is 5.49. The van der Waals surface area contributed by atoms with Gasteiger partial charge >= 0.3 is 0 Å². The van der Waals surface area contributed by atoms with Crippen LogP contribution in [0.4, 0.5) is 0 Å². The molecule has 3 unspecified atom stereocenters. The van der Waals surface area contributed by atoms with E-state index in [2.05, 4.69) is 5.32 Å². The summed E-state index contributed by atoms with van der Waals surface area (Å²) in [5, 5.41) is 11.8. The highest BCUT2D eigenvalue weighted by Gasteiger charge is 2.27. The summed E-state index contributed by atoms with van der Waals surface area (Å²) in [5.74, 6) is 0.470. The molecule has 1 rings (SSSR count). The maximum Gasteiger partial charge on any atom is 0.225 e. The zero-order valence-corrected chi connectivity index (χ0v) is 10.2. The Bertz CT molecular complexity index is 220. The molecule has 94 valence electrons. The lowest BCUT2D eigenvalue weighted by Crippen LogP contribution is -2.32. The topological polar surface area (TPSA) is 58.6 Å². The molecule has 3 atom stereocenters. The van der Waals surface area contributed by atoms with Crippen LogP contribution in [0.1, 0.15) is 33.1 Å². The lowest BCUT2D eigenvalue weighted by molar-refractivity contribution is -0.124. The van der Waals surface area contributed by atoms with E-state index in [1.807, 2.05) is 13.8 Å². The molecule has 0 spiro atoms. The van der Waals surface area contributed by atoms with E-state index in [0.29, 0.717) is 19.1 Å². The Morgan fingerprint density at radius 1 is 1.62 bits per heavy atom. The van der Waals surface area contributed by atoms with Gasteiger partial charge in [-0.05, 0) is 32.1 Å². The second kappa shape index (κ2) is 6.86. The third kappa shape index (κ3) is 4.49. The van der Waals surface area contributed by atoms with Crippen molar-refractivity contribution in [1.82, 2.24) is 5.32 Å². The summed E-state index contributed by atoms with van der Waals surface area (Å²) < 4.78 is 5.35. The molecule has 0 radical (unpaired) electrons. The first kappa shape index (κ1) is 13.5. The lowest BCUT2D eigenvalue weighted by atomic mass is 10.0. The molecule has 1 fully saturated rings. The second-order valence-corrected chi connectivity index (χ2v) is 4.80. The predicted octanol–water partition coefficient (Wildman–Crippen LogP) is 0.936. The molecule has 1 aliphatic rings. The number of rotatable bonds is 6. The van der Waals surface area contributed by atoms with Gasteiger partial charge in [-0.15, -0.1) is 0 Å². The molecule has 0 aromatic heterocycles. The van der Waals surface area contributed by atoms with Crippen molar-refractivity contribution in [2.75, 3.05) is 19.8 Å². The van der Waals surface area contributed by atoms with Gasteiger partial charge in [-0.1, -0.05) is 6.92 Å². The number of nitrogens with one attached hydrogen (secondary N) is 1. The van der Waals surface area contributed by atoms with Crippen molar-refractivity contribution in [1.29, 1.82) is 0 Å². The molecule has 0 aromatic rings. The first-order valence-electron chi connectivity index (χ1n) is 6.13. The average molecular weight is 229 g/mol. The van der Waals surface area contributed by atoms with Gasteiger partial charge < -0.3 is 15.2 Å². The van der Waals surface area contributed by atoms with E-state index in [0.717, 1.165) is 19.3 Å². The normalized spacial score (nSPS) is 26.7. The van der Waals surface area contributed by atoms with E-state index in [1.54, 1.807) is 0 Å². The van der Waals surface area contributed by atoms with Gasteiger partial charge in [0.1, 0.15) is 0 Å². The minimum absolute atomic E-state index is 0.0327. The maximum atomic E-state index is 11.7. The summed E-state index contributed by atoms with van der Waals surface area (Å²) in [4.78, 5) is 11.7. The van der Waals surface area contributed by atoms with Gasteiger partial charge in [-0.2, -0.15) is 0 Å². The fraction of sp³-hybridized carbons (Fsp3) is 0.917. The zero-order chi connectivity index (χ0) is 12.0. The summed E-state index contributed by atoms with van der Waals surface area (Å²) in [5.41, 5.74) is 0. The van der Waals surface area contributed by atoms with Gasteiger partial charge in [0, 0.05) is 13.2 Å². The number of carbonyl (C=O) groups excluding carboxylic acids is 1. The van der Waals surface area contributed by atoms with Crippen LogP contribution in [0, 0.1) is 11.8 Å². The first-order chi connectivity index (χ1) is 7.63. The molecule has 0 bridgehead atoms. The molecular weight excluding hydrogens is 206 g/mol. The Hall–Kier alpha value is -0.610. The van der Waals surface area contributed by atoms with E-state index in [9.17, 15) is 4.79 Å². The van der Waals surface area contributed by atoms with E-state index in [4.69, 9.17) is 9.84 Å². The molecular formula is C12H23NO3. The van der Waals surface area contributed by atoms with Crippen LogP contribution in [0.25, 0.3) is 0 Å². The van der Waals surface area contributed by atoms with E-state index < -0.39 is 0 Å². The fourth-order valence-electron chi connectivity index (χ4n) is 1.90. The van der Waals surface area contributed by atoms with Crippen LogP contribution < -0.4 is 5.32 Å². The molecule has 0 saturated carbocycles. The molecule has 1 aliphatic heterocycles. The molecule has 4 heteroatoms. The zero-order valence-electron chi connectivity index (χ0n) is 10.2. The first-order valence-corrected chi connectivity index (χ1v) is 6.13. The maximum absolute atomic E-state index is 11.7. The standard InChI is InChI=1S/C12H23NO3/c1-9(7-14)4-3-5-13-12(15)11-6-10(2)16-8-11/h9-11,14H,3-8H2,1-2H3,(H,13,15). The highest BCUT2D eigenvalue weighted by Crippen LogP contribution is 2.18. The van der Waals surface area contributed by atoms with E-state index >= 15 is 0 Å². The quantitative estimate of drug-likeness (QED) is 0.666. The molecule has 1 amide bonds. The van der Waals surface area contributed by atoms with Crippen molar-refractivity contribution in [3.8, 4) is 0 Å². The SMILES string of the molecule is CC(CO)CCCNC(=O)C1COC(C)C1. The summed E-state index contributed by atoms with van der Waals surface area (Å²) in [7, 11) is 0. The van der Waals surface area contributed by atoms with E-state index in [1.165, 1.54) is 0 Å². The van der Waals surface area contributed by atoms with Crippen molar-refractivity contribution < 1.29 is 14.6 Å². The molecule has 16 heavy (non-hydrogen) atoms. The highest BCUT2D eigenvalue weighted by atomic mass is 16.5. The molecule has 2 N–H and O–H groups in total. The Labute approximate surface area is 97.4 Å². The highest BCUT2D eigenvalue weighted by molar-refractivity contribution is 5.79. The summed E-state index contributed by atoms with van der Waals surface area (Å²) >= 11 is 0. The number of hydrogen-bond donors (Lipinski definition) is 2. The fourth-order valence-corrected chi connectivity index (χ4v) is 1.90. The Kier molecular flexibility index (Phi) is 5.77. The third-order valence-electron chi connectivity index (χ3n) is 3.05. The van der Waals surface area contributed by atoms with Crippen LogP contribution in [0.15, 0.2) is 0 Å². The van der Waals surface area contributed by atoms with Gasteiger partial charge in [0.15, 0.2) is 0 Å². The Morgan fingerprint density at radius 3 is 2.94 bits per heavy atom. The van der Waals surface area contributed by atoms with Crippen LogP contribution in [0.3, 0.4) is 0 Å². The van der Waals surface area contributed by atoms with Crippen LogP contribution in [-0.4, -0.2) is 36.9 Å². The lowest BCUT2D eigenvalue weighted by Gasteiger charge is -2.11. The molecule has 1 heterocycles. The largest absolute Gasteiger partial charge is 0.396 e. The smallest absolute Gasteiger partial charge is 0.225 e. The number of aliphatic hydroxyl groups excluding tert-OH is 1. The van der Waals surface area contributed by atoms with Crippen molar-refractivity contribution in [2.24, 2.45) is 11.8 Å². The number of hydrogen-bond acceptors (Lipinski definition) is 3. The van der Waals surface area contributed by atoms with Crippen molar-refractivity contribution >= 4 is 5.91 Å². The second-order valence-electron chi connectivity index (χ2n) is 4.80. The van der Waals surface area contributed by atoms with Crippen LogP contribution >= 0.6 is 0 Å². The van der Waals surface area contributed by atoms with Crippen LogP contribution in [0.2, 0.25) is 0 Å². The van der Waals surface area contributed by atoms with Gasteiger partial charge in [-0.3, -0.25) is 4.79 Å². The van der Waals surface area contributed by atoms with Gasteiger partial charge in [0.05, 0.1) is 18.6 Å². The minimum atomic E-state index is 0.0327. The van der Waals surface area contributed by atoms with Crippen LogP contribution in [-0.2, 0) is 9.53 Å². The summed E-state index contributed by atoms with van der Waals surface area (Å²) in [6.07, 6.45) is 2.93. The summed E-state index contributed by atoms with van der Waals surface area (Å²) in [6, 6.07) is 0. The van der Waals surface area contributed by atoms with Crippen LogP contribution in [0.5, 0.6) is 0 Å². The van der Waals surface area contributed by atoms with Crippen molar-refractivity contribution in [3.63, 3.8) is 0 Å². The molecule has 0 aromatic carbocycles. The predicted molar refractivity (Wildman–Crippen MR) is 62.0 cm³/mol. The Balaban J connectivity index is 2.06. The third-order valence-corrected chi connectivity index (χ3v) is 3.05. The molecule has 4 nitrogen and oxygen atoms in total.